The fraction of sp³-hybridized carbons (Fsp3) is 0.381. The molecule has 1 aliphatic heterocycles. The molecule has 1 heterocycles. The molecule has 0 saturated carbocycles. The van der Waals surface area contributed by atoms with E-state index < -0.39 is 0 Å². The van der Waals surface area contributed by atoms with Gasteiger partial charge in [0, 0.05) is 23.7 Å². The van der Waals surface area contributed by atoms with E-state index in [4.69, 9.17) is 19.9 Å². The number of hydrogen-bond donors (Lipinski definition) is 2. The lowest BCUT2D eigenvalue weighted by molar-refractivity contribution is 0.268. The van der Waals surface area contributed by atoms with Gasteiger partial charge in [0.05, 0.1) is 26.4 Å². The number of guanidine groups is 1. The minimum absolute atomic E-state index is 0.336. The number of ether oxygens (including phenoxy) is 3. The summed E-state index contributed by atoms with van der Waals surface area (Å²) in [6.07, 6.45) is 0.874. The summed E-state index contributed by atoms with van der Waals surface area (Å²) in [5.41, 5.74) is 7.87. The SMILES string of the molecule is CC(C)COc1ccccc1CN=C(N)Nc1ccc2c(c1)OCCCO2. The second kappa shape index (κ2) is 9.16. The predicted molar refractivity (Wildman–Crippen MR) is 108 cm³/mol. The molecule has 0 atom stereocenters. The van der Waals surface area contributed by atoms with Crippen LogP contribution in [0.25, 0.3) is 0 Å². The zero-order chi connectivity index (χ0) is 19.1. The summed E-state index contributed by atoms with van der Waals surface area (Å²) < 4.78 is 17.2. The summed E-state index contributed by atoms with van der Waals surface area (Å²) in [4.78, 5) is 4.44. The Labute approximate surface area is 160 Å². The van der Waals surface area contributed by atoms with Crippen molar-refractivity contribution in [3.05, 3.63) is 48.0 Å². The van der Waals surface area contributed by atoms with Crippen LogP contribution in [0, 0.1) is 5.92 Å². The van der Waals surface area contributed by atoms with Crippen molar-refractivity contribution in [2.24, 2.45) is 16.6 Å². The molecule has 0 bridgehead atoms. The number of nitrogens with one attached hydrogen (secondary N) is 1. The van der Waals surface area contributed by atoms with Gasteiger partial charge in [-0.25, -0.2) is 4.99 Å². The van der Waals surface area contributed by atoms with Gasteiger partial charge in [-0.1, -0.05) is 32.0 Å². The molecule has 2 aromatic carbocycles. The van der Waals surface area contributed by atoms with Gasteiger partial charge >= 0.3 is 0 Å². The third-order valence-electron chi connectivity index (χ3n) is 3.98. The summed E-state index contributed by atoms with van der Waals surface area (Å²) >= 11 is 0. The Morgan fingerprint density at radius 3 is 2.74 bits per heavy atom. The van der Waals surface area contributed by atoms with Crippen LogP contribution in [0.2, 0.25) is 0 Å². The van der Waals surface area contributed by atoms with E-state index in [0.29, 0.717) is 38.2 Å². The highest BCUT2D eigenvalue weighted by atomic mass is 16.5. The summed E-state index contributed by atoms with van der Waals surface area (Å²) in [6, 6.07) is 13.5. The van der Waals surface area contributed by atoms with Crippen molar-refractivity contribution < 1.29 is 14.2 Å². The molecule has 3 N–H and O–H groups in total. The Morgan fingerprint density at radius 2 is 1.93 bits per heavy atom. The molecule has 6 heteroatoms. The third kappa shape index (κ3) is 5.54. The first-order valence-electron chi connectivity index (χ1n) is 9.29. The van der Waals surface area contributed by atoms with Crippen molar-refractivity contribution in [3.8, 4) is 17.2 Å². The number of aliphatic imine (C=N–C) groups is 1. The fourth-order valence-electron chi connectivity index (χ4n) is 2.63. The Hall–Kier alpha value is -2.89. The monoisotopic (exact) mass is 369 g/mol. The summed E-state index contributed by atoms with van der Waals surface area (Å²) in [7, 11) is 0. The lowest BCUT2D eigenvalue weighted by atomic mass is 10.2. The molecule has 0 aliphatic carbocycles. The van der Waals surface area contributed by atoms with Crippen LogP contribution in [-0.4, -0.2) is 25.8 Å². The predicted octanol–water partition coefficient (Wildman–Crippen LogP) is 3.81. The van der Waals surface area contributed by atoms with Crippen LogP contribution in [-0.2, 0) is 6.54 Å². The third-order valence-corrected chi connectivity index (χ3v) is 3.98. The molecule has 0 unspecified atom stereocenters. The van der Waals surface area contributed by atoms with Gasteiger partial charge in [0.1, 0.15) is 5.75 Å². The van der Waals surface area contributed by atoms with E-state index in [1.165, 1.54) is 0 Å². The topological polar surface area (TPSA) is 78.1 Å². The van der Waals surface area contributed by atoms with Gasteiger partial charge < -0.3 is 25.3 Å². The first-order valence-corrected chi connectivity index (χ1v) is 9.29. The maximum atomic E-state index is 6.06. The number of anilines is 1. The van der Waals surface area contributed by atoms with Crippen LogP contribution >= 0.6 is 0 Å². The van der Waals surface area contributed by atoms with Gasteiger partial charge in [0.2, 0.25) is 0 Å². The van der Waals surface area contributed by atoms with E-state index in [9.17, 15) is 0 Å². The smallest absolute Gasteiger partial charge is 0.193 e. The number of para-hydroxylation sites is 1. The van der Waals surface area contributed by atoms with Crippen molar-refractivity contribution >= 4 is 11.6 Å². The van der Waals surface area contributed by atoms with Gasteiger partial charge in [-0.05, 0) is 24.1 Å². The molecule has 1 aliphatic rings. The number of benzene rings is 2. The maximum Gasteiger partial charge on any atom is 0.193 e. The van der Waals surface area contributed by atoms with Crippen molar-refractivity contribution in [2.75, 3.05) is 25.1 Å². The van der Waals surface area contributed by atoms with Gasteiger partial charge in [-0.2, -0.15) is 0 Å². The zero-order valence-electron chi connectivity index (χ0n) is 15.9. The highest BCUT2D eigenvalue weighted by Crippen LogP contribution is 2.32. The Kier molecular flexibility index (Phi) is 6.41. The van der Waals surface area contributed by atoms with Crippen LogP contribution in [0.5, 0.6) is 17.2 Å². The lowest BCUT2D eigenvalue weighted by Gasteiger charge is -2.13. The van der Waals surface area contributed by atoms with Crippen LogP contribution in [0.1, 0.15) is 25.8 Å². The Balaban J connectivity index is 1.64. The molecule has 0 radical (unpaired) electrons. The lowest BCUT2D eigenvalue weighted by Crippen LogP contribution is -2.22. The van der Waals surface area contributed by atoms with Crippen LogP contribution < -0.4 is 25.3 Å². The second-order valence-corrected chi connectivity index (χ2v) is 6.85. The van der Waals surface area contributed by atoms with E-state index in [0.717, 1.165) is 34.9 Å². The number of fused-ring (bicyclic) bond motifs is 1. The van der Waals surface area contributed by atoms with E-state index in [1.54, 1.807) is 0 Å². The molecular formula is C21H27N3O3. The normalized spacial score (nSPS) is 14.0. The number of nitrogens with zero attached hydrogens (tertiary/aromatic N) is 1. The van der Waals surface area contributed by atoms with Crippen molar-refractivity contribution in [1.82, 2.24) is 0 Å². The largest absolute Gasteiger partial charge is 0.493 e. The highest BCUT2D eigenvalue weighted by molar-refractivity contribution is 5.92. The van der Waals surface area contributed by atoms with E-state index in [1.807, 2.05) is 42.5 Å². The minimum atomic E-state index is 0.336. The molecule has 6 nitrogen and oxygen atoms in total. The number of nitrogens with two attached hydrogens (primary N) is 1. The summed E-state index contributed by atoms with van der Waals surface area (Å²) in [5.74, 6) is 3.12. The number of hydrogen-bond acceptors (Lipinski definition) is 4. The van der Waals surface area contributed by atoms with Crippen molar-refractivity contribution in [2.45, 2.75) is 26.8 Å². The summed E-state index contributed by atoms with van der Waals surface area (Å²) in [5, 5.41) is 3.10. The van der Waals surface area contributed by atoms with Gasteiger partial charge in [-0.15, -0.1) is 0 Å². The number of rotatable bonds is 6. The molecule has 0 saturated heterocycles. The van der Waals surface area contributed by atoms with Gasteiger partial charge in [0.15, 0.2) is 17.5 Å². The van der Waals surface area contributed by atoms with E-state index in [2.05, 4.69) is 24.2 Å². The molecule has 0 fully saturated rings. The zero-order valence-corrected chi connectivity index (χ0v) is 15.9. The molecule has 27 heavy (non-hydrogen) atoms. The van der Waals surface area contributed by atoms with Crippen LogP contribution in [0.15, 0.2) is 47.5 Å². The van der Waals surface area contributed by atoms with E-state index in [-0.39, 0.29) is 0 Å². The average molecular weight is 369 g/mol. The standard InChI is InChI=1S/C21H27N3O3/c1-15(2)14-27-18-7-4-3-6-16(18)13-23-21(22)24-17-8-9-19-20(12-17)26-11-5-10-25-19/h3-4,6-9,12,15H,5,10-11,13-14H2,1-2H3,(H3,22,23,24). The average Bonchev–Trinajstić information content (AvgIpc) is 2.90. The van der Waals surface area contributed by atoms with Gasteiger partial charge in [0.25, 0.3) is 0 Å². The molecule has 144 valence electrons. The molecule has 0 amide bonds. The van der Waals surface area contributed by atoms with Crippen molar-refractivity contribution in [3.63, 3.8) is 0 Å². The minimum Gasteiger partial charge on any atom is -0.493 e. The second-order valence-electron chi connectivity index (χ2n) is 6.85. The van der Waals surface area contributed by atoms with Crippen LogP contribution in [0.3, 0.4) is 0 Å². The molecule has 2 aromatic rings. The Bertz CT molecular complexity index is 790. The fourth-order valence-corrected chi connectivity index (χ4v) is 2.63. The van der Waals surface area contributed by atoms with Crippen molar-refractivity contribution in [1.29, 1.82) is 0 Å². The molecular weight excluding hydrogens is 342 g/mol. The first kappa shape index (κ1) is 18.9. The molecule has 0 spiro atoms. The first-order chi connectivity index (χ1) is 13.1. The molecule has 0 aromatic heterocycles. The maximum absolute atomic E-state index is 6.06. The van der Waals surface area contributed by atoms with E-state index >= 15 is 0 Å². The molecule has 3 rings (SSSR count). The Morgan fingerprint density at radius 1 is 1.15 bits per heavy atom. The van der Waals surface area contributed by atoms with Gasteiger partial charge in [-0.3, -0.25) is 0 Å². The summed E-state index contributed by atoms with van der Waals surface area (Å²) in [6.45, 7) is 6.67. The highest BCUT2D eigenvalue weighted by Gasteiger charge is 2.11. The quantitative estimate of drug-likeness (QED) is 0.598. The van der Waals surface area contributed by atoms with Crippen LogP contribution in [0.4, 0.5) is 5.69 Å².